The van der Waals surface area contributed by atoms with Gasteiger partial charge in [0.15, 0.2) is 0 Å². The van der Waals surface area contributed by atoms with Crippen molar-refractivity contribution in [3.63, 3.8) is 0 Å². The molecule has 3 nitrogen and oxygen atoms in total. The second-order valence-corrected chi connectivity index (χ2v) is 5.88. The Balaban J connectivity index is 1.75. The molecule has 0 aliphatic rings. The third-order valence-electron chi connectivity index (χ3n) is 3.01. The summed E-state index contributed by atoms with van der Waals surface area (Å²) in [6, 6.07) is 11.7. The number of hydrogen-bond acceptors (Lipinski definition) is 4. The molecule has 2 N–H and O–H groups in total. The third-order valence-corrected chi connectivity index (χ3v) is 4.21. The Labute approximate surface area is 123 Å². The average molecular weight is 289 g/mol. The van der Waals surface area contributed by atoms with Crippen molar-refractivity contribution >= 4 is 23.0 Å². The molecule has 1 aromatic heterocycles. The molecule has 0 aliphatic carbocycles. The number of carbonyl (C=O) groups excluding carboxylic acids is 1. The van der Waals surface area contributed by atoms with E-state index in [1.54, 1.807) is 11.3 Å². The Morgan fingerprint density at radius 2 is 2.05 bits per heavy atom. The van der Waals surface area contributed by atoms with E-state index in [2.05, 4.69) is 13.0 Å². The Kier molecular flexibility index (Phi) is 5.18. The number of ether oxygens (including phenoxy) is 1. The van der Waals surface area contributed by atoms with Crippen LogP contribution in [0.5, 0.6) is 0 Å². The summed E-state index contributed by atoms with van der Waals surface area (Å²) in [6.45, 7) is 2.49. The van der Waals surface area contributed by atoms with Gasteiger partial charge in [-0.25, -0.2) is 0 Å². The molecule has 0 atom stereocenters. The number of thiophene rings is 1. The molecule has 1 heterocycles. The molecule has 0 amide bonds. The smallest absolute Gasteiger partial charge is 0.306 e. The first-order chi connectivity index (χ1) is 9.67. The Bertz CT molecular complexity index is 577. The number of benzene rings is 1. The van der Waals surface area contributed by atoms with Crippen molar-refractivity contribution in [2.45, 2.75) is 32.8 Å². The zero-order chi connectivity index (χ0) is 14.4. The minimum Gasteiger partial charge on any atom is -0.460 e. The standard InChI is InChI=1S/C16H19NO2S/c1-2-14-7-8-15(20-14)11-19-16(18)9-6-12-4-3-5-13(17)10-12/h3-5,7-8,10H,2,6,9,11,17H2,1H3. The van der Waals surface area contributed by atoms with E-state index in [1.807, 2.05) is 30.3 Å². The van der Waals surface area contributed by atoms with Crippen molar-refractivity contribution in [2.24, 2.45) is 0 Å². The van der Waals surface area contributed by atoms with Crippen LogP contribution < -0.4 is 5.73 Å². The molecule has 0 aliphatic heterocycles. The van der Waals surface area contributed by atoms with Gasteiger partial charge in [0.2, 0.25) is 0 Å². The summed E-state index contributed by atoms with van der Waals surface area (Å²) in [6.07, 6.45) is 2.07. The van der Waals surface area contributed by atoms with Crippen LogP contribution in [0.3, 0.4) is 0 Å². The summed E-state index contributed by atoms with van der Waals surface area (Å²) in [5.41, 5.74) is 7.49. The van der Waals surface area contributed by atoms with Crippen molar-refractivity contribution < 1.29 is 9.53 Å². The molecule has 2 rings (SSSR count). The first kappa shape index (κ1) is 14.6. The number of nitrogens with two attached hydrogens (primary N) is 1. The number of anilines is 1. The minimum absolute atomic E-state index is 0.168. The molecule has 0 saturated heterocycles. The van der Waals surface area contributed by atoms with Crippen LogP contribution in [0.4, 0.5) is 5.69 Å². The number of aryl methyl sites for hydroxylation is 2. The SMILES string of the molecule is CCc1ccc(COC(=O)CCc2cccc(N)c2)s1. The maximum Gasteiger partial charge on any atom is 0.306 e. The summed E-state index contributed by atoms with van der Waals surface area (Å²) < 4.78 is 5.28. The van der Waals surface area contributed by atoms with E-state index in [4.69, 9.17) is 10.5 Å². The predicted molar refractivity (Wildman–Crippen MR) is 82.7 cm³/mol. The zero-order valence-electron chi connectivity index (χ0n) is 11.6. The van der Waals surface area contributed by atoms with Crippen LogP contribution in [0.15, 0.2) is 36.4 Å². The van der Waals surface area contributed by atoms with Crippen LogP contribution in [0, 0.1) is 0 Å². The quantitative estimate of drug-likeness (QED) is 0.653. The molecule has 0 unspecified atom stereocenters. The fraction of sp³-hybridized carbons (Fsp3) is 0.312. The van der Waals surface area contributed by atoms with Gasteiger partial charge in [-0.3, -0.25) is 4.79 Å². The van der Waals surface area contributed by atoms with Crippen LogP contribution in [0.1, 0.15) is 28.7 Å². The average Bonchev–Trinajstić information content (AvgIpc) is 2.91. The third kappa shape index (κ3) is 4.38. The van der Waals surface area contributed by atoms with Gasteiger partial charge in [-0.15, -0.1) is 11.3 Å². The van der Waals surface area contributed by atoms with Gasteiger partial charge in [-0.1, -0.05) is 19.1 Å². The zero-order valence-corrected chi connectivity index (χ0v) is 12.4. The number of rotatable bonds is 6. The fourth-order valence-electron chi connectivity index (χ4n) is 1.91. The van der Waals surface area contributed by atoms with E-state index in [-0.39, 0.29) is 5.97 Å². The lowest BCUT2D eigenvalue weighted by Crippen LogP contribution is -2.05. The molecule has 0 bridgehead atoms. The highest BCUT2D eigenvalue weighted by Gasteiger charge is 2.06. The van der Waals surface area contributed by atoms with Gasteiger partial charge in [-0.2, -0.15) is 0 Å². The van der Waals surface area contributed by atoms with Crippen LogP contribution in [-0.4, -0.2) is 5.97 Å². The molecule has 4 heteroatoms. The number of nitrogen functional groups attached to an aromatic ring is 1. The molecule has 0 radical (unpaired) electrons. The topological polar surface area (TPSA) is 52.3 Å². The van der Waals surface area contributed by atoms with Gasteiger partial charge in [0.1, 0.15) is 6.61 Å². The lowest BCUT2D eigenvalue weighted by Gasteiger charge is -2.04. The predicted octanol–water partition coefficient (Wildman–Crippen LogP) is 3.57. The van der Waals surface area contributed by atoms with Crippen LogP contribution in [0.25, 0.3) is 0 Å². The van der Waals surface area contributed by atoms with E-state index in [0.717, 1.165) is 22.5 Å². The van der Waals surface area contributed by atoms with Crippen LogP contribution in [-0.2, 0) is 29.0 Å². The summed E-state index contributed by atoms with van der Waals surface area (Å²) >= 11 is 1.70. The van der Waals surface area contributed by atoms with Crippen molar-refractivity contribution in [1.29, 1.82) is 0 Å². The highest BCUT2D eigenvalue weighted by atomic mass is 32.1. The largest absolute Gasteiger partial charge is 0.460 e. The molecule has 0 saturated carbocycles. The van der Waals surface area contributed by atoms with Crippen molar-refractivity contribution in [3.8, 4) is 0 Å². The fourth-order valence-corrected chi connectivity index (χ4v) is 2.78. The molecule has 2 aromatic rings. The van der Waals surface area contributed by atoms with Gasteiger partial charge < -0.3 is 10.5 Å². The van der Waals surface area contributed by atoms with E-state index in [9.17, 15) is 4.79 Å². The summed E-state index contributed by atoms with van der Waals surface area (Å²) in [5, 5.41) is 0. The highest BCUT2D eigenvalue weighted by molar-refractivity contribution is 7.11. The Hall–Kier alpha value is -1.81. The van der Waals surface area contributed by atoms with Crippen LogP contribution in [0.2, 0.25) is 0 Å². The first-order valence-electron chi connectivity index (χ1n) is 6.75. The highest BCUT2D eigenvalue weighted by Crippen LogP contribution is 2.18. The lowest BCUT2D eigenvalue weighted by molar-refractivity contribution is -0.144. The molecule has 0 fully saturated rings. The normalized spacial score (nSPS) is 10.4. The van der Waals surface area contributed by atoms with Gasteiger partial charge in [0, 0.05) is 21.9 Å². The minimum atomic E-state index is -0.168. The number of carbonyl (C=O) groups is 1. The van der Waals surface area contributed by atoms with Gasteiger partial charge in [0.05, 0.1) is 0 Å². The number of hydrogen-bond donors (Lipinski definition) is 1. The van der Waals surface area contributed by atoms with E-state index in [0.29, 0.717) is 19.4 Å². The lowest BCUT2D eigenvalue weighted by atomic mass is 10.1. The summed E-state index contributed by atoms with van der Waals surface area (Å²) in [7, 11) is 0. The second-order valence-electron chi connectivity index (χ2n) is 4.63. The van der Waals surface area contributed by atoms with E-state index < -0.39 is 0 Å². The first-order valence-corrected chi connectivity index (χ1v) is 7.56. The number of esters is 1. The molecule has 0 spiro atoms. The van der Waals surface area contributed by atoms with E-state index in [1.165, 1.54) is 4.88 Å². The van der Waals surface area contributed by atoms with Gasteiger partial charge >= 0.3 is 5.97 Å². The summed E-state index contributed by atoms with van der Waals surface area (Å²) in [4.78, 5) is 14.1. The van der Waals surface area contributed by atoms with Crippen molar-refractivity contribution in [3.05, 3.63) is 51.7 Å². The second kappa shape index (κ2) is 7.10. The van der Waals surface area contributed by atoms with Crippen molar-refractivity contribution in [2.75, 3.05) is 5.73 Å². The molecule has 106 valence electrons. The van der Waals surface area contributed by atoms with Crippen LogP contribution >= 0.6 is 11.3 Å². The Morgan fingerprint density at radius 1 is 1.25 bits per heavy atom. The van der Waals surface area contributed by atoms with Crippen molar-refractivity contribution in [1.82, 2.24) is 0 Å². The maximum absolute atomic E-state index is 11.7. The molecular weight excluding hydrogens is 270 g/mol. The van der Waals surface area contributed by atoms with Gasteiger partial charge in [0.25, 0.3) is 0 Å². The summed E-state index contributed by atoms with van der Waals surface area (Å²) in [5.74, 6) is -0.168. The van der Waals surface area contributed by atoms with E-state index >= 15 is 0 Å². The molecule has 1 aromatic carbocycles. The molecular formula is C16H19NO2S. The van der Waals surface area contributed by atoms with Gasteiger partial charge in [-0.05, 0) is 42.7 Å². The Morgan fingerprint density at radius 3 is 2.75 bits per heavy atom. The maximum atomic E-state index is 11.7. The monoisotopic (exact) mass is 289 g/mol. The molecule has 20 heavy (non-hydrogen) atoms.